The lowest BCUT2D eigenvalue weighted by Gasteiger charge is -2.09. The van der Waals surface area contributed by atoms with Gasteiger partial charge in [-0.3, -0.25) is 4.79 Å². The van der Waals surface area contributed by atoms with Crippen LogP contribution < -0.4 is 10.1 Å². The SMILES string of the molecule is Cc1ccc(OCc2ccc(C(=O)Nc3cccc(Cl)c3Cl)cc2)cc1. The minimum absolute atomic E-state index is 0.250. The van der Waals surface area contributed by atoms with Crippen molar-refractivity contribution in [2.75, 3.05) is 5.32 Å². The van der Waals surface area contributed by atoms with Crippen LogP contribution in [0.25, 0.3) is 0 Å². The van der Waals surface area contributed by atoms with Crippen molar-refractivity contribution in [3.05, 3.63) is 93.5 Å². The smallest absolute Gasteiger partial charge is 0.255 e. The summed E-state index contributed by atoms with van der Waals surface area (Å²) in [5, 5.41) is 3.48. The Hall–Kier alpha value is -2.49. The van der Waals surface area contributed by atoms with Gasteiger partial charge in [-0.1, -0.05) is 59.1 Å². The predicted octanol–water partition coefficient (Wildman–Crippen LogP) is 6.13. The zero-order valence-corrected chi connectivity index (χ0v) is 15.6. The van der Waals surface area contributed by atoms with Crippen molar-refractivity contribution in [1.82, 2.24) is 0 Å². The van der Waals surface area contributed by atoms with E-state index >= 15 is 0 Å². The van der Waals surface area contributed by atoms with E-state index in [-0.39, 0.29) is 5.91 Å². The number of carbonyl (C=O) groups is 1. The molecular formula is C21H17Cl2NO2. The summed E-state index contributed by atoms with van der Waals surface area (Å²) in [7, 11) is 0. The molecule has 0 radical (unpaired) electrons. The van der Waals surface area contributed by atoms with Gasteiger partial charge in [0, 0.05) is 5.56 Å². The maximum atomic E-state index is 12.4. The van der Waals surface area contributed by atoms with Crippen molar-refractivity contribution in [3.63, 3.8) is 0 Å². The highest BCUT2D eigenvalue weighted by atomic mass is 35.5. The summed E-state index contributed by atoms with van der Waals surface area (Å²) in [6, 6.07) is 20.2. The molecule has 0 saturated carbocycles. The number of aryl methyl sites for hydroxylation is 1. The number of rotatable bonds is 5. The maximum absolute atomic E-state index is 12.4. The number of carbonyl (C=O) groups excluding carboxylic acids is 1. The van der Waals surface area contributed by atoms with Crippen LogP contribution in [0.15, 0.2) is 66.7 Å². The predicted molar refractivity (Wildman–Crippen MR) is 106 cm³/mol. The average Bonchev–Trinajstić information content (AvgIpc) is 2.65. The molecule has 3 nitrogen and oxygen atoms in total. The van der Waals surface area contributed by atoms with Crippen molar-refractivity contribution in [2.45, 2.75) is 13.5 Å². The van der Waals surface area contributed by atoms with Gasteiger partial charge in [0.15, 0.2) is 0 Å². The molecule has 0 spiro atoms. The fraction of sp³-hybridized carbons (Fsp3) is 0.0952. The van der Waals surface area contributed by atoms with Gasteiger partial charge >= 0.3 is 0 Å². The Kier molecular flexibility index (Phi) is 5.82. The molecule has 0 aliphatic carbocycles. The molecule has 0 fully saturated rings. The standard InChI is InChI=1S/C21H17Cl2NO2/c1-14-5-11-17(12-6-14)26-13-15-7-9-16(10-8-15)21(25)24-19-4-2-3-18(22)20(19)23/h2-12H,13H2,1H3,(H,24,25). The molecule has 1 amide bonds. The van der Waals surface area contributed by atoms with Crippen LogP contribution in [0.3, 0.4) is 0 Å². The molecule has 0 aromatic heterocycles. The molecular weight excluding hydrogens is 369 g/mol. The highest BCUT2D eigenvalue weighted by molar-refractivity contribution is 6.44. The molecule has 3 aromatic rings. The van der Waals surface area contributed by atoms with Gasteiger partial charge < -0.3 is 10.1 Å². The van der Waals surface area contributed by atoms with E-state index in [9.17, 15) is 4.79 Å². The fourth-order valence-corrected chi connectivity index (χ4v) is 2.70. The Labute approximate surface area is 162 Å². The molecule has 0 unspecified atom stereocenters. The molecule has 0 aliphatic heterocycles. The molecule has 3 rings (SSSR count). The number of amides is 1. The lowest BCUT2D eigenvalue weighted by atomic mass is 10.1. The van der Waals surface area contributed by atoms with Crippen LogP contribution in [0.1, 0.15) is 21.5 Å². The molecule has 0 saturated heterocycles. The van der Waals surface area contributed by atoms with Gasteiger partial charge in [-0.05, 0) is 48.9 Å². The van der Waals surface area contributed by atoms with Gasteiger partial charge in [0.1, 0.15) is 12.4 Å². The van der Waals surface area contributed by atoms with E-state index in [2.05, 4.69) is 5.32 Å². The van der Waals surface area contributed by atoms with Crippen LogP contribution in [0.2, 0.25) is 10.0 Å². The summed E-state index contributed by atoms with van der Waals surface area (Å²) in [5.74, 6) is 0.563. The molecule has 0 aliphatic rings. The van der Waals surface area contributed by atoms with E-state index in [4.69, 9.17) is 27.9 Å². The van der Waals surface area contributed by atoms with Gasteiger partial charge in [0.05, 0.1) is 15.7 Å². The first-order chi connectivity index (χ1) is 12.5. The second-order valence-corrected chi connectivity index (χ2v) is 6.64. The number of halogens is 2. The molecule has 0 bridgehead atoms. The average molecular weight is 386 g/mol. The lowest BCUT2D eigenvalue weighted by Crippen LogP contribution is -2.12. The molecule has 0 atom stereocenters. The van der Waals surface area contributed by atoms with Gasteiger partial charge in [-0.2, -0.15) is 0 Å². The van der Waals surface area contributed by atoms with E-state index < -0.39 is 0 Å². The van der Waals surface area contributed by atoms with Crippen molar-refractivity contribution < 1.29 is 9.53 Å². The normalized spacial score (nSPS) is 10.4. The first-order valence-corrected chi connectivity index (χ1v) is 8.82. The minimum atomic E-state index is -0.250. The minimum Gasteiger partial charge on any atom is -0.489 e. The van der Waals surface area contributed by atoms with Gasteiger partial charge in [0.2, 0.25) is 0 Å². The first kappa shape index (κ1) is 18.3. The molecule has 5 heteroatoms. The third-order valence-electron chi connectivity index (χ3n) is 3.84. The van der Waals surface area contributed by atoms with Crippen molar-refractivity contribution in [1.29, 1.82) is 0 Å². The number of anilines is 1. The Morgan fingerprint density at radius 2 is 1.65 bits per heavy atom. The quantitative estimate of drug-likeness (QED) is 0.573. The lowest BCUT2D eigenvalue weighted by molar-refractivity contribution is 0.102. The van der Waals surface area contributed by atoms with Crippen LogP contribution in [0.4, 0.5) is 5.69 Å². The molecule has 0 heterocycles. The number of ether oxygens (including phenoxy) is 1. The number of benzene rings is 3. The number of hydrogen-bond donors (Lipinski definition) is 1. The van der Waals surface area contributed by atoms with Gasteiger partial charge in [0.25, 0.3) is 5.91 Å². The van der Waals surface area contributed by atoms with Crippen molar-refractivity contribution in [3.8, 4) is 5.75 Å². The summed E-state index contributed by atoms with van der Waals surface area (Å²) >= 11 is 12.1. The Bertz CT molecular complexity index is 906. The second kappa shape index (κ2) is 8.26. The molecule has 26 heavy (non-hydrogen) atoms. The van der Waals surface area contributed by atoms with E-state index in [0.29, 0.717) is 27.9 Å². The van der Waals surface area contributed by atoms with E-state index in [0.717, 1.165) is 11.3 Å². The summed E-state index contributed by atoms with van der Waals surface area (Å²) in [6.45, 7) is 2.47. The van der Waals surface area contributed by atoms with Crippen LogP contribution in [0, 0.1) is 6.92 Å². The van der Waals surface area contributed by atoms with Gasteiger partial charge in [-0.15, -0.1) is 0 Å². The summed E-state index contributed by atoms with van der Waals surface area (Å²) in [4.78, 5) is 12.4. The van der Waals surface area contributed by atoms with Crippen LogP contribution in [-0.4, -0.2) is 5.91 Å². The molecule has 132 valence electrons. The third kappa shape index (κ3) is 4.57. The first-order valence-electron chi connectivity index (χ1n) is 8.07. The van der Waals surface area contributed by atoms with Crippen molar-refractivity contribution >= 4 is 34.8 Å². The number of nitrogens with one attached hydrogen (secondary N) is 1. The third-order valence-corrected chi connectivity index (χ3v) is 4.66. The second-order valence-electron chi connectivity index (χ2n) is 5.85. The van der Waals surface area contributed by atoms with Crippen LogP contribution in [-0.2, 0) is 6.61 Å². The summed E-state index contributed by atoms with van der Waals surface area (Å²) < 4.78 is 5.74. The highest BCUT2D eigenvalue weighted by Gasteiger charge is 2.10. The monoisotopic (exact) mass is 385 g/mol. The largest absolute Gasteiger partial charge is 0.489 e. The fourth-order valence-electron chi connectivity index (χ4n) is 2.35. The molecule has 1 N–H and O–H groups in total. The zero-order valence-electron chi connectivity index (χ0n) is 14.1. The van der Waals surface area contributed by atoms with Crippen molar-refractivity contribution in [2.24, 2.45) is 0 Å². The van der Waals surface area contributed by atoms with Crippen LogP contribution >= 0.6 is 23.2 Å². The topological polar surface area (TPSA) is 38.3 Å². The Morgan fingerprint density at radius 1 is 0.962 bits per heavy atom. The van der Waals surface area contributed by atoms with E-state index in [1.54, 1.807) is 30.3 Å². The highest BCUT2D eigenvalue weighted by Crippen LogP contribution is 2.29. The summed E-state index contributed by atoms with van der Waals surface area (Å²) in [6.07, 6.45) is 0. The van der Waals surface area contributed by atoms with E-state index in [1.165, 1.54) is 5.56 Å². The molecule has 3 aromatic carbocycles. The summed E-state index contributed by atoms with van der Waals surface area (Å²) in [5.41, 5.74) is 3.17. The zero-order chi connectivity index (χ0) is 18.5. The maximum Gasteiger partial charge on any atom is 0.255 e. The van der Waals surface area contributed by atoms with E-state index in [1.807, 2.05) is 43.3 Å². The van der Waals surface area contributed by atoms with Gasteiger partial charge in [-0.25, -0.2) is 0 Å². The Morgan fingerprint density at radius 3 is 2.35 bits per heavy atom. The van der Waals surface area contributed by atoms with Crippen LogP contribution in [0.5, 0.6) is 5.75 Å². The number of hydrogen-bond acceptors (Lipinski definition) is 2. The Balaban J connectivity index is 1.62.